The maximum Gasteiger partial charge on any atom is 0.338 e. The molecular formula is C44H52O15. The lowest BCUT2D eigenvalue weighted by molar-refractivity contribution is -0.214. The number of hydrogen-bond acceptors (Lipinski definition) is 15. The molecule has 15 nitrogen and oxygen atoms in total. The van der Waals surface area contributed by atoms with Crippen molar-refractivity contribution >= 4 is 41.8 Å². The first kappa shape index (κ1) is 45.9. The molecule has 0 aromatic heterocycles. The first-order valence-corrected chi connectivity index (χ1v) is 19.1. The van der Waals surface area contributed by atoms with Gasteiger partial charge in [0.2, 0.25) is 0 Å². The lowest BCUT2D eigenvalue weighted by atomic mass is 9.72. The number of ether oxygens (including phenoxy) is 7. The fraction of sp³-hybridized carbons (Fsp3) is 0.477. The Hall–Kier alpha value is -5.83. The third-order valence-electron chi connectivity index (χ3n) is 10.5. The Kier molecular flexibility index (Phi) is 14.6. The summed E-state index contributed by atoms with van der Waals surface area (Å²) >= 11 is 0. The van der Waals surface area contributed by atoms with Gasteiger partial charge in [0.15, 0.2) is 35.8 Å². The highest BCUT2D eigenvalue weighted by Crippen LogP contribution is 2.54. The number of benzene rings is 2. The Bertz CT molecular complexity index is 1980. The number of fused-ring (bicyclic) bond motifs is 1. The van der Waals surface area contributed by atoms with E-state index in [4.69, 9.17) is 33.2 Å². The van der Waals surface area contributed by atoms with Crippen LogP contribution in [0.5, 0.6) is 0 Å². The van der Waals surface area contributed by atoms with Gasteiger partial charge in [-0.2, -0.15) is 0 Å². The van der Waals surface area contributed by atoms with Crippen LogP contribution in [0, 0.1) is 17.3 Å². The lowest BCUT2D eigenvalue weighted by Gasteiger charge is -2.46. The van der Waals surface area contributed by atoms with Gasteiger partial charge >= 0.3 is 41.8 Å². The summed E-state index contributed by atoms with van der Waals surface area (Å²) in [4.78, 5) is 93.1. The molecule has 4 rings (SSSR count). The van der Waals surface area contributed by atoms with Crippen molar-refractivity contribution in [1.82, 2.24) is 0 Å². The molecule has 15 heteroatoms. The van der Waals surface area contributed by atoms with E-state index in [1.165, 1.54) is 31.2 Å². The van der Waals surface area contributed by atoms with E-state index in [-0.39, 0.29) is 28.7 Å². The maximum atomic E-state index is 14.0. The van der Waals surface area contributed by atoms with Crippen molar-refractivity contribution in [2.45, 2.75) is 118 Å². The summed E-state index contributed by atoms with van der Waals surface area (Å²) in [7, 11) is 0. The molecule has 0 bridgehead atoms. The molecule has 0 aliphatic heterocycles. The van der Waals surface area contributed by atoms with Gasteiger partial charge in [0, 0.05) is 46.0 Å². The SMILES string of the molecule is CC(=O)O/C1=C(\C)[C@@H](O)[C@H]2[C@@H](OC(=O)c3ccccc3)[C@@H](C)[C@H](OC(=O)c3ccccc3)[C@]2(OC(C)=O)[C@H](OC(C)=O)/C(C)=C/CC(C)(C)[C@H](OC(C)=O)[C@H]1OC(C)=O. The molecule has 0 heterocycles. The van der Waals surface area contributed by atoms with Crippen LogP contribution in [0.25, 0.3) is 0 Å². The molecule has 9 atom stereocenters. The van der Waals surface area contributed by atoms with E-state index in [1.807, 2.05) is 0 Å². The van der Waals surface area contributed by atoms with E-state index in [0.717, 1.165) is 34.6 Å². The number of esters is 7. The monoisotopic (exact) mass is 820 g/mol. The molecule has 0 unspecified atom stereocenters. The second-order valence-corrected chi connectivity index (χ2v) is 15.5. The molecular weight excluding hydrogens is 768 g/mol. The van der Waals surface area contributed by atoms with E-state index in [0.29, 0.717) is 0 Å². The fourth-order valence-corrected chi connectivity index (χ4v) is 7.97. The Balaban J connectivity index is 2.21. The summed E-state index contributed by atoms with van der Waals surface area (Å²) < 4.78 is 42.2. The molecule has 2 aromatic rings. The van der Waals surface area contributed by atoms with E-state index in [1.54, 1.807) is 70.2 Å². The van der Waals surface area contributed by atoms with E-state index < -0.39 is 107 Å². The number of carbonyl (C=O) groups is 7. The number of allylic oxidation sites excluding steroid dienone is 1. The largest absolute Gasteiger partial charge is 0.458 e. The Morgan fingerprint density at radius 2 is 1.15 bits per heavy atom. The van der Waals surface area contributed by atoms with Crippen molar-refractivity contribution in [3.63, 3.8) is 0 Å². The van der Waals surface area contributed by atoms with Gasteiger partial charge in [0.1, 0.15) is 6.10 Å². The highest BCUT2D eigenvalue weighted by molar-refractivity contribution is 5.90. The zero-order valence-corrected chi connectivity index (χ0v) is 34.8. The van der Waals surface area contributed by atoms with Crippen LogP contribution >= 0.6 is 0 Å². The summed E-state index contributed by atoms with van der Waals surface area (Å²) in [5.74, 6) is -9.45. The Labute approximate surface area is 342 Å². The van der Waals surface area contributed by atoms with Crippen LogP contribution in [0.15, 0.2) is 83.6 Å². The molecule has 1 N–H and O–H groups in total. The van der Waals surface area contributed by atoms with Crippen molar-refractivity contribution < 1.29 is 71.8 Å². The lowest BCUT2D eigenvalue weighted by Crippen LogP contribution is -2.63. The summed E-state index contributed by atoms with van der Waals surface area (Å²) in [5, 5.41) is 12.9. The van der Waals surface area contributed by atoms with E-state index in [2.05, 4.69) is 0 Å². The van der Waals surface area contributed by atoms with Crippen molar-refractivity contribution in [2.24, 2.45) is 17.3 Å². The van der Waals surface area contributed by atoms with Crippen LogP contribution in [0.3, 0.4) is 0 Å². The topological polar surface area (TPSA) is 204 Å². The smallest absolute Gasteiger partial charge is 0.338 e. The second-order valence-electron chi connectivity index (χ2n) is 15.5. The van der Waals surface area contributed by atoms with Crippen molar-refractivity contribution in [1.29, 1.82) is 0 Å². The van der Waals surface area contributed by atoms with Gasteiger partial charge < -0.3 is 38.3 Å². The van der Waals surface area contributed by atoms with Gasteiger partial charge in [-0.1, -0.05) is 63.2 Å². The molecule has 59 heavy (non-hydrogen) atoms. The minimum atomic E-state index is -2.40. The van der Waals surface area contributed by atoms with Gasteiger partial charge in [-0.25, -0.2) is 9.59 Å². The summed E-state index contributed by atoms with van der Waals surface area (Å²) in [6, 6.07) is 15.7. The van der Waals surface area contributed by atoms with Gasteiger partial charge in [0.25, 0.3) is 0 Å². The molecule has 0 amide bonds. The molecule has 2 aliphatic carbocycles. The summed E-state index contributed by atoms with van der Waals surface area (Å²) in [6.45, 7) is 13.3. The predicted molar refractivity (Wildman–Crippen MR) is 208 cm³/mol. The average Bonchev–Trinajstić information content (AvgIpc) is 3.37. The third kappa shape index (κ3) is 10.3. The molecule has 2 aromatic carbocycles. The van der Waals surface area contributed by atoms with Gasteiger partial charge in [-0.3, -0.25) is 24.0 Å². The number of aliphatic hydroxyl groups excluding tert-OH is 1. The van der Waals surface area contributed by atoms with Gasteiger partial charge in [0.05, 0.1) is 23.1 Å². The normalized spacial score (nSPS) is 30.0. The molecule has 0 radical (unpaired) electrons. The highest BCUT2D eigenvalue weighted by Gasteiger charge is 2.72. The van der Waals surface area contributed by atoms with Crippen LogP contribution in [-0.2, 0) is 57.1 Å². The van der Waals surface area contributed by atoms with Crippen molar-refractivity contribution in [3.05, 3.63) is 94.8 Å². The summed E-state index contributed by atoms with van der Waals surface area (Å²) in [6.07, 6.45) is -8.28. The van der Waals surface area contributed by atoms with Gasteiger partial charge in [-0.05, 0) is 55.7 Å². The van der Waals surface area contributed by atoms with Crippen LogP contribution in [0.4, 0.5) is 0 Å². The van der Waals surface area contributed by atoms with Crippen LogP contribution in [-0.4, -0.2) is 89.1 Å². The average molecular weight is 821 g/mol. The van der Waals surface area contributed by atoms with Crippen LogP contribution in [0.1, 0.15) is 96.4 Å². The maximum absolute atomic E-state index is 14.0. The minimum absolute atomic E-state index is 0.0154. The van der Waals surface area contributed by atoms with Crippen molar-refractivity contribution in [2.75, 3.05) is 0 Å². The van der Waals surface area contributed by atoms with Crippen LogP contribution < -0.4 is 0 Å². The minimum Gasteiger partial charge on any atom is -0.458 e. The Morgan fingerprint density at radius 3 is 1.63 bits per heavy atom. The zero-order valence-electron chi connectivity index (χ0n) is 34.8. The first-order valence-electron chi connectivity index (χ1n) is 19.1. The number of aliphatic hydroxyl groups is 1. The standard InChI is InChI=1S/C44H52O15/c1-23-21-22-43(9,10)40(56-29(7)48)37(54-27(5)46)36(53-26(4)45)24(2)34(50)33-35(57-41(51)31-17-13-11-14-18-31)25(3)39(58-42(52)32-19-15-12-16-20-32)44(33,59-30(8)49)38(23)55-28(6)47/h11-21,25,33-35,37-40,50H,22H2,1-10H3/b23-21+,36-24+/t25-,33+,34-,35+,37+,38-,39+,40-,44-/m1/s1. The molecule has 318 valence electrons. The van der Waals surface area contributed by atoms with Crippen LogP contribution in [0.2, 0.25) is 0 Å². The third-order valence-corrected chi connectivity index (χ3v) is 10.5. The van der Waals surface area contributed by atoms with Crippen molar-refractivity contribution in [3.8, 4) is 0 Å². The van der Waals surface area contributed by atoms with E-state index >= 15 is 0 Å². The molecule has 0 spiro atoms. The van der Waals surface area contributed by atoms with Gasteiger partial charge in [-0.15, -0.1) is 0 Å². The first-order chi connectivity index (χ1) is 27.6. The summed E-state index contributed by atoms with van der Waals surface area (Å²) in [5.41, 5.74) is -3.39. The number of rotatable bonds is 9. The predicted octanol–water partition coefficient (Wildman–Crippen LogP) is 5.37. The van der Waals surface area contributed by atoms with E-state index in [9.17, 15) is 38.7 Å². The Morgan fingerprint density at radius 1 is 0.644 bits per heavy atom. The molecule has 0 saturated heterocycles. The molecule has 2 aliphatic rings. The zero-order chi connectivity index (χ0) is 44.0. The highest BCUT2D eigenvalue weighted by atomic mass is 16.6. The quantitative estimate of drug-likeness (QED) is 0.192. The molecule has 1 fully saturated rings. The molecule has 1 saturated carbocycles. The number of carbonyl (C=O) groups excluding carboxylic acids is 7. The number of hydrogen-bond donors (Lipinski definition) is 1. The fourth-order valence-electron chi connectivity index (χ4n) is 7.97. The second kappa shape index (κ2) is 18.8.